The number of amides is 2. The number of carbonyl (C=O) groups is 2. The Morgan fingerprint density at radius 3 is 2.86 bits per heavy atom. The fourth-order valence-corrected chi connectivity index (χ4v) is 4.57. The van der Waals surface area contributed by atoms with E-state index in [0.717, 1.165) is 0 Å². The van der Waals surface area contributed by atoms with Gasteiger partial charge in [0.25, 0.3) is 0 Å². The number of fused-ring (bicyclic) bond motifs is 1. The van der Waals surface area contributed by atoms with Gasteiger partial charge in [-0.15, -0.1) is 0 Å². The maximum absolute atomic E-state index is 13.2. The molecule has 28 heavy (non-hydrogen) atoms. The van der Waals surface area contributed by atoms with Crippen molar-refractivity contribution in [1.82, 2.24) is 5.16 Å². The first-order chi connectivity index (χ1) is 13.4. The predicted molar refractivity (Wildman–Crippen MR) is 102 cm³/mol. The van der Waals surface area contributed by atoms with E-state index in [1.165, 1.54) is 4.90 Å². The molecule has 0 radical (unpaired) electrons. The molecule has 9 heteroatoms. The number of benzene rings is 1. The second-order valence-corrected chi connectivity index (χ2v) is 8.05. The zero-order valence-corrected chi connectivity index (χ0v) is 16.2. The average Bonchev–Trinajstić information content (AvgIpc) is 3.39. The summed E-state index contributed by atoms with van der Waals surface area (Å²) in [5, 5.41) is 7.49. The standard InChI is InChI=1S/C19H15Cl2N3O4/c1-9-6-14(23-28-9)24-8-19-5-4-13(27-19)15(16(19)18(24)26)17(25)22-10-2-3-11(20)12(21)7-10/h2-7,13,15-16H,8H2,1H3,(H,22,25)/t13-,15?,16?,19+/m1/s1. The summed E-state index contributed by atoms with van der Waals surface area (Å²) in [6.07, 6.45) is 3.29. The van der Waals surface area contributed by atoms with Crippen LogP contribution in [0.5, 0.6) is 0 Å². The minimum Gasteiger partial charge on any atom is -0.360 e. The molecule has 4 heterocycles. The molecule has 0 saturated carbocycles. The van der Waals surface area contributed by atoms with Gasteiger partial charge >= 0.3 is 0 Å². The number of hydrogen-bond acceptors (Lipinski definition) is 5. The minimum atomic E-state index is -0.825. The van der Waals surface area contributed by atoms with Gasteiger partial charge < -0.3 is 14.6 Å². The number of aryl methyl sites for hydroxylation is 1. The van der Waals surface area contributed by atoms with Crippen molar-refractivity contribution < 1.29 is 18.8 Å². The van der Waals surface area contributed by atoms with Gasteiger partial charge in [-0.2, -0.15) is 0 Å². The Labute approximate surface area is 170 Å². The summed E-state index contributed by atoms with van der Waals surface area (Å²) < 4.78 is 11.2. The van der Waals surface area contributed by atoms with Crippen LogP contribution in [0.4, 0.5) is 11.5 Å². The third-order valence-electron chi connectivity index (χ3n) is 5.48. The zero-order chi connectivity index (χ0) is 19.6. The molecular formula is C19H15Cl2N3O4. The highest BCUT2D eigenvalue weighted by molar-refractivity contribution is 6.42. The second kappa shape index (κ2) is 6.07. The first-order valence-corrected chi connectivity index (χ1v) is 9.51. The quantitative estimate of drug-likeness (QED) is 0.771. The zero-order valence-electron chi connectivity index (χ0n) is 14.7. The number of ether oxygens (including phenoxy) is 1. The molecular weight excluding hydrogens is 405 g/mol. The monoisotopic (exact) mass is 419 g/mol. The van der Waals surface area contributed by atoms with Crippen LogP contribution in [-0.4, -0.2) is 35.2 Å². The summed E-state index contributed by atoms with van der Waals surface area (Å²) in [6.45, 7) is 2.05. The van der Waals surface area contributed by atoms with E-state index in [0.29, 0.717) is 33.9 Å². The predicted octanol–water partition coefficient (Wildman–Crippen LogP) is 3.21. The molecule has 0 aliphatic carbocycles. The third-order valence-corrected chi connectivity index (χ3v) is 6.22. The van der Waals surface area contributed by atoms with E-state index in [4.69, 9.17) is 32.5 Å². The molecule has 1 aromatic carbocycles. The number of nitrogens with one attached hydrogen (secondary N) is 1. The fraction of sp³-hybridized carbons (Fsp3) is 0.316. The van der Waals surface area contributed by atoms with Gasteiger partial charge in [-0.25, -0.2) is 0 Å². The number of aromatic nitrogens is 1. The lowest BCUT2D eigenvalue weighted by molar-refractivity contribution is -0.128. The lowest BCUT2D eigenvalue weighted by Gasteiger charge is -2.23. The average molecular weight is 420 g/mol. The molecule has 3 aliphatic rings. The second-order valence-electron chi connectivity index (χ2n) is 7.24. The number of nitrogens with zero attached hydrogens (tertiary/aromatic N) is 2. The van der Waals surface area contributed by atoms with Crippen molar-refractivity contribution in [3.8, 4) is 0 Å². The number of rotatable bonds is 3. The highest BCUT2D eigenvalue weighted by Crippen LogP contribution is 2.52. The summed E-state index contributed by atoms with van der Waals surface area (Å²) in [6, 6.07) is 6.53. The van der Waals surface area contributed by atoms with Crippen molar-refractivity contribution in [3.05, 3.63) is 52.2 Å². The lowest BCUT2D eigenvalue weighted by atomic mass is 9.77. The fourth-order valence-electron chi connectivity index (χ4n) is 4.27. The van der Waals surface area contributed by atoms with E-state index in [1.807, 2.05) is 12.2 Å². The summed E-state index contributed by atoms with van der Waals surface area (Å²) in [7, 11) is 0. The number of halogens is 2. The molecule has 2 unspecified atom stereocenters. The Hall–Kier alpha value is -2.35. The Bertz CT molecular complexity index is 1040. The van der Waals surface area contributed by atoms with Gasteiger partial charge in [0.05, 0.1) is 34.5 Å². The van der Waals surface area contributed by atoms with Gasteiger partial charge in [0.1, 0.15) is 11.4 Å². The van der Waals surface area contributed by atoms with Crippen molar-refractivity contribution in [2.24, 2.45) is 11.8 Å². The minimum absolute atomic E-state index is 0.200. The van der Waals surface area contributed by atoms with E-state index in [1.54, 1.807) is 31.2 Å². The summed E-state index contributed by atoms with van der Waals surface area (Å²) >= 11 is 11.9. The van der Waals surface area contributed by atoms with Crippen LogP contribution in [-0.2, 0) is 14.3 Å². The normalized spacial score (nSPS) is 30.2. The van der Waals surface area contributed by atoms with Gasteiger partial charge in [-0.1, -0.05) is 40.5 Å². The van der Waals surface area contributed by atoms with E-state index >= 15 is 0 Å². The molecule has 144 valence electrons. The van der Waals surface area contributed by atoms with E-state index in [9.17, 15) is 9.59 Å². The summed E-state index contributed by atoms with van der Waals surface area (Å²) in [5.74, 6) is -0.741. The van der Waals surface area contributed by atoms with Crippen LogP contribution in [0.3, 0.4) is 0 Å². The number of carbonyl (C=O) groups excluding carboxylic acids is 2. The Kier molecular flexibility index (Phi) is 3.84. The molecule has 5 rings (SSSR count). The largest absolute Gasteiger partial charge is 0.360 e. The first kappa shape index (κ1) is 17.7. The molecule has 1 aromatic heterocycles. The molecule has 1 N–H and O–H groups in total. The molecule has 2 amide bonds. The smallest absolute Gasteiger partial charge is 0.235 e. The van der Waals surface area contributed by atoms with E-state index in [2.05, 4.69) is 10.5 Å². The maximum Gasteiger partial charge on any atom is 0.235 e. The molecule has 2 saturated heterocycles. The van der Waals surface area contributed by atoms with Gasteiger partial charge in [0.15, 0.2) is 5.82 Å². The van der Waals surface area contributed by atoms with Crippen LogP contribution in [0.1, 0.15) is 5.76 Å². The van der Waals surface area contributed by atoms with Crippen LogP contribution in [0.25, 0.3) is 0 Å². The molecule has 4 atom stereocenters. The van der Waals surface area contributed by atoms with Gasteiger partial charge in [-0.3, -0.25) is 14.5 Å². The summed E-state index contributed by atoms with van der Waals surface area (Å²) in [4.78, 5) is 27.7. The maximum atomic E-state index is 13.2. The van der Waals surface area contributed by atoms with Gasteiger partial charge in [-0.05, 0) is 25.1 Å². The number of hydrogen-bond donors (Lipinski definition) is 1. The lowest BCUT2D eigenvalue weighted by Crippen LogP contribution is -2.41. The van der Waals surface area contributed by atoms with Crippen LogP contribution in [0.15, 0.2) is 40.9 Å². The van der Waals surface area contributed by atoms with Crippen LogP contribution < -0.4 is 10.2 Å². The summed E-state index contributed by atoms with van der Waals surface area (Å²) in [5.41, 5.74) is -0.316. The Morgan fingerprint density at radius 2 is 2.14 bits per heavy atom. The SMILES string of the molecule is Cc1cc(N2C[C@]34C=C[C@@H](O3)C(C(=O)Nc3ccc(Cl)c(Cl)c3)C4C2=O)no1. The Balaban J connectivity index is 1.43. The van der Waals surface area contributed by atoms with Crippen molar-refractivity contribution in [3.63, 3.8) is 0 Å². The van der Waals surface area contributed by atoms with E-state index < -0.39 is 23.5 Å². The highest BCUT2D eigenvalue weighted by atomic mass is 35.5. The molecule has 2 fully saturated rings. The number of anilines is 2. The molecule has 7 nitrogen and oxygen atoms in total. The van der Waals surface area contributed by atoms with Crippen molar-refractivity contribution in [2.75, 3.05) is 16.8 Å². The van der Waals surface area contributed by atoms with Crippen molar-refractivity contribution in [1.29, 1.82) is 0 Å². The molecule has 2 bridgehead atoms. The molecule has 3 aliphatic heterocycles. The topological polar surface area (TPSA) is 84.7 Å². The molecule has 2 aromatic rings. The van der Waals surface area contributed by atoms with Crippen LogP contribution in [0, 0.1) is 18.8 Å². The van der Waals surface area contributed by atoms with Crippen molar-refractivity contribution in [2.45, 2.75) is 18.6 Å². The van der Waals surface area contributed by atoms with Gasteiger partial charge in [0.2, 0.25) is 11.8 Å². The van der Waals surface area contributed by atoms with Crippen LogP contribution in [0.2, 0.25) is 10.0 Å². The van der Waals surface area contributed by atoms with E-state index in [-0.39, 0.29) is 11.8 Å². The van der Waals surface area contributed by atoms with Crippen molar-refractivity contribution >= 4 is 46.5 Å². The highest BCUT2D eigenvalue weighted by Gasteiger charge is 2.67. The first-order valence-electron chi connectivity index (χ1n) is 8.76. The van der Waals surface area contributed by atoms with Gasteiger partial charge in [0, 0.05) is 11.8 Å². The third kappa shape index (κ3) is 2.50. The molecule has 1 spiro atoms. The Morgan fingerprint density at radius 1 is 1.32 bits per heavy atom. The van der Waals surface area contributed by atoms with Crippen LogP contribution >= 0.6 is 23.2 Å².